The molecule has 0 spiro atoms. The van der Waals surface area contributed by atoms with Gasteiger partial charge in [-0.25, -0.2) is 0 Å². The molecule has 0 saturated carbocycles. The number of benzene rings is 1. The molecule has 0 aliphatic heterocycles. The highest BCUT2D eigenvalue weighted by atomic mass is 35.5. The molecule has 1 nitrogen and oxygen atoms in total. The van der Waals surface area contributed by atoms with E-state index in [0.717, 1.165) is 36.3 Å². The van der Waals surface area contributed by atoms with Crippen LogP contribution < -0.4 is 0 Å². The van der Waals surface area contributed by atoms with Gasteiger partial charge in [0.2, 0.25) is 0 Å². The molecule has 14 heavy (non-hydrogen) atoms. The van der Waals surface area contributed by atoms with Crippen molar-refractivity contribution in [3.63, 3.8) is 0 Å². The summed E-state index contributed by atoms with van der Waals surface area (Å²) in [5.74, 6) is 0. The molecule has 1 rings (SSSR count). The second-order valence-electron chi connectivity index (χ2n) is 3.63. The molecule has 0 bridgehead atoms. The van der Waals surface area contributed by atoms with Crippen molar-refractivity contribution in [1.29, 1.82) is 0 Å². The minimum absolute atomic E-state index is 0.212. The van der Waals surface area contributed by atoms with Crippen LogP contribution in [0.15, 0.2) is 24.3 Å². The average Bonchev–Trinajstić information content (AvgIpc) is 2.18. The number of aliphatic hydroxyl groups is 1. The van der Waals surface area contributed by atoms with E-state index < -0.39 is 0 Å². The number of hydrogen-bond acceptors (Lipinski definition) is 1. The maximum atomic E-state index is 9.67. The number of aliphatic hydroxyl groups excluding tert-OH is 1. The van der Waals surface area contributed by atoms with Gasteiger partial charge in [-0.15, -0.1) is 0 Å². The molecule has 78 valence electrons. The van der Waals surface area contributed by atoms with E-state index in [9.17, 15) is 5.11 Å². The quantitative estimate of drug-likeness (QED) is 0.793. The summed E-state index contributed by atoms with van der Waals surface area (Å²) in [5.41, 5.74) is 1.15. The van der Waals surface area contributed by atoms with Crippen molar-refractivity contribution in [3.8, 4) is 0 Å². The summed E-state index contributed by atoms with van der Waals surface area (Å²) in [7, 11) is 0. The van der Waals surface area contributed by atoms with Crippen LogP contribution in [-0.2, 0) is 6.42 Å². The summed E-state index contributed by atoms with van der Waals surface area (Å²) in [5, 5.41) is 10.4. The second-order valence-corrected chi connectivity index (χ2v) is 4.06. The fraction of sp³-hybridized carbons (Fsp3) is 0.500. The lowest BCUT2D eigenvalue weighted by molar-refractivity contribution is 0.162. The molecule has 0 saturated heterocycles. The maximum absolute atomic E-state index is 9.67. The normalized spacial score (nSPS) is 12.8. The molecule has 0 fully saturated rings. The summed E-state index contributed by atoms with van der Waals surface area (Å²) in [6, 6.07) is 7.67. The molecule has 1 aromatic carbocycles. The Labute approximate surface area is 90.7 Å². The molecule has 0 aliphatic carbocycles. The largest absolute Gasteiger partial charge is 0.393 e. The average molecular weight is 213 g/mol. The van der Waals surface area contributed by atoms with Gasteiger partial charge in [0.15, 0.2) is 0 Å². The zero-order chi connectivity index (χ0) is 10.4. The van der Waals surface area contributed by atoms with Gasteiger partial charge in [-0.2, -0.15) is 0 Å². The van der Waals surface area contributed by atoms with Gasteiger partial charge in [-0.3, -0.25) is 0 Å². The van der Waals surface area contributed by atoms with E-state index >= 15 is 0 Å². The van der Waals surface area contributed by atoms with Crippen molar-refractivity contribution < 1.29 is 5.11 Å². The van der Waals surface area contributed by atoms with Crippen LogP contribution in [0.25, 0.3) is 0 Å². The zero-order valence-electron chi connectivity index (χ0n) is 8.54. The Balaban J connectivity index is 2.39. The van der Waals surface area contributed by atoms with E-state index in [4.69, 9.17) is 11.6 Å². The highest BCUT2D eigenvalue weighted by Gasteiger charge is 2.04. The zero-order valence-corrected chi connectivity index (χ0v) is 9.30. The number of halogens is 1. The number of unbranched alkanes of at least 4 members (excludes halogenated alkanes) is 1. The lowest BCUT2D eigenvalue weighted by Crippen LogP contribution is -2.09. The molecule has 1 aromatic rings. The summed E-state index contributed by atoms with van der Waals surface area (Å²) in [6.45, 7) is 2.13. The highest BCUT2D eigenvalue weighted by Crippen LogP contribution is 2.12. The van der Waals surface area contributed by atoms with Crippen LogP contribution in [0.5, 0.6) is 0 Å². The first kappa shape index (κ1) is 11.5. The van der Waals surface area contributed by atoms with Crippen LogP contribution in [0.4, 0.5) is 0 Å². The van der Waals surface area contributed by atoms with E-state index in [0.29, 0.717) is 0 Å². The third-order valence-electron chi connectivity index (χ3n) is 2.28. The third kappa shape index (κ3) is 4.12. The van der Waals surface area contributed by atoms with Crippen molar-refractivity contribution >= 4 is 11.6 Å². The molecule has 1 unspecified atom stereocenters. The topological polar surface area (TPSA) is 20.2 Å². The van der Waals surface area contributed by atoms with Gasteiger partial charge >= 0.3 is 0 Å². The van der Waals surface area contributed by atoms with Gasteiger partial charge in [0.1, 0.15) is 0 Å². The van der Waals surface area contributed by atoms with Crippen molar-refractivity contribution in [3.05, 3.63) is 34.9 Å². The Kier molecular flexibility index (Phi) is 4.99. The Morgan fingerprint density at radius 1 is 1.29 bits per heavy atom. The van der Waals surface area contributed by atoms with Gasteiger partial charge in [0.25, 0.3) is 0 Å². The van der Waals surface area contributed by atoms with E-state index in [1.165, 1.54) is 0 Å². The fourth-order valence-corrected chi connectivity index (χ4v) is 1.56. The molecule has 0 amide bonds. The lowest BCUT2D eigenvalue weighted by atomic mass is 10.0. The Morgan fingerprint density at radius 3 is 2.50 bits per heavy atom. The van der Waals surface area contributed by atoms with Crippen LogP contribution in [0.3, 0.4) is 0 Å². The molecular formula is C12H17ClO. The minimum Gasteiger partial charge on any atom is -0.393 e. The molecule has 1 N–H and O–H groups in total. The highest BCUT2D eigenvalue weighted by molar-refractivity contribution is 6.30. The van der Waals surface area contributed by atoms with E-state index in [1.807, 2.05) is 24.3 Å². The maximum Gasteiger partial charge on any atom is 0.0580 e. The minimum atomic E-state index is -0.212. The van der Waals surface area contributed by atoms with Gasteiger partial charge < -0.3 is 5.11 Å². The van der Waals surface area contributed by atoms with E-state index in [-0.39, 0.29) is 6.10 Å². The fourth-order valence-electron chi connectivity index (χ4n) is 1.43. The van der Waals surface area contributed by atoms with Crippen molar-refractivity contribution in [2.24, 2.45) is 0 Å². The predicted molar refractivity (Wildman–Crippen MR) is 60.7 cm³/mol. The smallest absolute Gasteiger partial charge is 0.0580 e. The van der Waals surface area contributed by atoms with Crippen LogP contribution >= 0.6 is 11.6 Å². The lowest BCUT2D eigenvalue weighted by Gasteiger charge is -2.09. The molecule has 0 heterocycles. The van der Waals surface area contributed by atoms with Crippen molar-refractivity contribution in [2.45, 2.75) is 38.7 Å². The predicted octanol–water partition coefficient (Wildman–Crippen LogP) is 3.43. The van der Waals surface area contributed by atoms with Crippen LogP contribution in [0.1, 0.15) is 31.7 Å². The summed E-state index contributed by atoms with van der Waals surface area (Å²) >= 11 is 5.77. The number of hydrogen-bond donors (Lipinski definition) is 1. The van der Waals surface area contributed by atoms with Gasteiger partial charge in [0.05, 0.1) is 6.10 Å². The van der Waals surface area contributed by atoms with E-state index in [2.05, 4.69) is 6.92 Å². The Morgan fingerprint density at radius 2 is 1.93 bits per heavy atom. The second kappa shape index (κ2) is 6.05. The summed E-state index contributed by atoms with van der Waals surface area (Å²) in [6.07, 6.45) is 3.64. The summed E-state index contributed by atoms with van der Waals surface area (Å²) in [4.78, 5) is 0. The molecular weight excluding hydrogens is 196 g/mol. The van der Waals surface area contributed by atoms with E-state index in [1.54, 1.807) is 0 Å². The Hall–Kier alpha value is -0.530. The molecule has 1 atom stereocenters. The first-order valence-electron chi connectivity index (χ1n) is 5.15. The molecule has 0 aliphatic rings. The molecule has 2 heteroatoms. The first-order chi connectivity index (χ1) is 6.72. The molecule has 0 aromatic heterocycles. The van der Waals surface area contributed by atoms with Gasteiger partial charge in [-0.1, -0.05) is 43.5 Å². The standard InChI is InChI=1S/C12H17ClO/c1-2-3-4-12(14)9-10-5-7-11(13)8-6-10/h5-8,12,14H,2-4,9H2,1H3. The van der Waals surface area contributed by atoms with Gasteiger partial charge in [-0.05, 0) is 30.5 Å². The van der Waals surface area contributed by atoms with Crippen molar-refractivity contribution in [2.75, 3.05) is 0 Å². The van der Waals surface area contributed by atoms with Crippen LogP contribution in [0, 0.1) is 0 Å². The third-order valence-corrected chi connectivity index (χ3v) is 2.53. The van der Waals surface area contributed by atoms with Crippen LogP contribution in [-0.4, -0.2) is 11.2 Å². The van der Waals surface area contributed by atoms with Crippen molar-refractivity contribution in [1.82, 2.24) is 0 Å². The van der Waals surface area contributed by atoms with Crippen LogP contribution in [0.2, 0.25) is 5.02 Å². The first-order valence-corrected chi connectivity index (χ1v) is 5.52. The monoisotopic (exact) mass is 212 g/mol. The SMILES string of the molecule is CCCCC(O)Cc1ccc(Cl)cc1. The molecule has 0 radical (unpaired) electrons. The Bertz CT molecular complexity index is 256. The summed E-state index contributed by atoms with van der Waals surface area (Å²) < 4.78 is 0. The number of rotatable bonds is 5. The van der Waals surface area contributed by atoms with Gasteiger partial charge in [0, 0.05) is 5.02 Å².